The second-order valence-corrected chi connectivity index (χ2v) is 7.60. The van der Waals surface area contributed by atoms with Crippen LogP contribution in [0.1, 0.15) is 30.5 Å². The maximum absolute atomic E-state index is 12.6. The second-order valence-electron chi connectivity index (χ2n) is 5.44. The summed E-state index contributed by atoms with van der Waals surface area (Å²) in [6.07, 6.45) is 1.71. The van der Waals surface area contributed by atoms with Gasteiger partial charge in [0.2, 0.25) is 5.91 Å². The van der Waals surface area contributed by atoms with Crippen LogP contribution >= 0.6 is 27.7 Å². The third-order valence-electron chi connectivity index (χ3n) is 3.94. The fourth-order valence-corrected chi connectivity index (χ4v) is 4.18. The number of nitrogens with one attached hydrogen (secondary N) is 1. The number of amides is 1. The molecule has 0 fully saturated rings. The van der Waals surface area contributed by atoms with Gasteiger partial charge in [0.15, 0.2) is 0 Å². The molecule has 114 valence electrons. The lowest BCUT2D eigenvalue weighted by atomic mass is 10.0. The van der Waals surface area contributed by atoms with Gasteiger partial charge in [0, 0.05) is 9.37 Å². The maximum Gasteiger partial charge on any atom is 0.234 e. The number of carbonyl (C=O) groups excluding carboxylic acids is 1. The smallest absolute Gasteiger partial charge is 0.234 e. The van der Waals surface area contributed by atoms with Gasteiger partial charge in [-0.1, -0.05) is 53.2 Å². The van der Waals surface area contributed by atoms with Crippen LogP contribution in [0.5, 0.6) is 0 Å². The molecule has 0 radical (unpaired) electrons. The van der Waals surface area contributed by atoms with Crippen molar-refractivity contribution in [2.45, 2.75) is 36.0 Å². The van der Waals surface area contributed by atoms with E-state index in [9.17, 15) is 4.79 Å². The summed E-state index contributed by atoms with van der Waals surface area (Å²) in [6, 6.07) is 16.5. The lowest BCUT2D eigenvalue weighted by Gasteiger charge is -2.19. The maximum atomic E-state index is 12.6. The fraction of sp³-hybridized carbons (Fsp3) is 0.278. The van der Waals surface area contributed by atoms with E-state index in [1.54, 1.807) is 11.8 Å². The Morgan fingerprint density at radius 3 is 2.68 bits per heavy atom. The number of thioether (sulfide) groups is 1. The average molecular weight is 376 g/mol. The quantitative estimate of drug-likeness (QED) is 0.836. The highest BCUT2D eigenvalue weighted by molar-refractivity contribution is 9.10. The Morgan fingerprint density at radius 2 is 2.00 bits per heavy atom. The number of benzene rings is 2. The largest absolute Gasteiger partial charge is 0.348 e. The highest BCUT2D eigenvalue weighted by Crippen LogP contribution is 2.37. The van der Waals surface area contributed by atoms with Crippen LogP contribution in [-0.2, 0) is 11.2 Å². The summed E-state index contributed by atoms with van der Waals surface area (Å²) < 4.78 is 1.05. The molecular weight excluding hydrogens is 358 g/mol. The number of hydrogen-bond acceptors (Lipinski definition) is 2. The number of carbonyl (C=O) groups is 1. The highest BCUT2D eigenvalue weighted by atomic mass is 79.9. The summed E-state index contributed by atoms with van der Waals surface area (Å²) in [5.74, 6) is 0.135. The standard InChI is InChI=1S/C18H18BrNOS/c1-2-15(12-7-9-14(19)10-8-12)20-18(21)17-11-13-5-3-4-6-16(13)22-17/h3-10,15,17H,2,11H2,1H3,(H,20,21). The molecule has 2 aromatic carbocycles. The molecule has 2 aromatic rings. The summed E-state index contributed by atoms with van der Waals surface area (Å²) in [5.41, 5.74) is 2.43. The van der Waals surface area contributed by atoms with Gasteiger partial charge in [-0.25, -0.2) is 0 Å². The molecule has 4 heteroatoms. The van der Waals surface area contributed by atoms with E-state index in [1.165, 1.54) is 10.5 Å². The zero-order chi connectivity index (χ0) is 15.5. The summed E-state index contributed by atoms with van der Waals surface area (Å²) in [6.45, 7) is 2.10. The van der Waals surface area contributed by atoms with Crippen molar-refractivity contribution in [2.75, 3.05) is 0 Å². The summed E-state index contributed by atoms with van der Waals surface area (Å²) in [4.78, 5) is 13.8. The molecule has 22 heavy (non-hydrogen) atoms. The van der Waals surface area contributed by atoms with E-state index in [4.69, 9.17) is 0 Å². The van der Waals surface area contributed by atoms with E-state index in [2.05, 4.69) is 52.4 Å². The summed E-state index contributed by atoms with van der Waals surface area (Å²) in [7, 11) is 0. The molecule has 2 nitrogen and oxygen atoms in total. The van der Waals surface area contributed by atoms with Crippen molar-refractivity contribution in [1.29, 1.82) is 0 Å². The predicted molar refractivity (Wildman–Crippen MR) is 95.1 cm³/mol. The van der Waals surface area contributed by atoms with Crippen molar-refractivity contribution in [3.05, 3.63) is 64.1 Å². The zero-order valence-electron chi connectivity index (χ0n) is 12.4. The molecular formula is C18H18BrNOS. The van der Waals surface area contributed by atoms with Gasteiger partial charge in [-0.3, -0.25) is 4.79 Å². The van der Waals surface area contributed by atoms with Crippen LogP contribution in [0.25, 0.3) is 0 Å². The van der Waals surface area contributed by atoms with Crippen molar-refractivity contribution in [1.82, 2.24) is 5.32 Å². The van der Waals surface area contributed by atoms with Gasteiger partial charge in [0.25, 0.3) is 0 Å². The van der Waals surface area contributed by atoms with Gasteiger partial charge in [-0.15, -0.1) is 11.8 Å². The van der Waals surface area contributed by atoms with Gasteiger partial charge in [0.1, 0.15) is 0 Å². The molecule has 1 N–H and O–H groups in total. The van der Waals surface area contributed by atoms with Crippen molar-refractivity contribution in [3.8, 4) is 0 Å². The molecule has 0 saturated heterocycles. The van der Waals surface area contributed by atoms with Crippen molar-refractivity contribution >= 4 is 33.6 Å². The van der Waals surface area contributed by atoms with Crippen LogP contribution in [-0.4, -0.2) is 11.2 Å². The van der Waals surface area contributed by atoms with Crippen LogP contribution in [0.4, 0.5) is 0 Å². The minimum Gasteiger partial charge on any atom is -0.348 e. The molecule has 0 bridgehead atoms. The molecule has 1 aliphatic heterocycles. The average Bonchev–Trinajstić information content (AvgIpc) is 2.97. The van der Waals surface area contributed by atoms with E-state index < -0.39 is 0 Å². The Balaban J connectivity index is 1.67. The lowest BCUT2D eigenvalue weighted by molar-refractivity contribution is -0.121. The Kier molecular flexibility index (Phi) is 4.89. The van der Waals surface area contributed by atoms with Crippen LogP contribution in [0.15, 0.2) is 57.9 Å². The lowest BCUT2D eigenvalue weighted by Crippen LogP contribution is -2.35. The fourth-order valence-electron chi connectivity index (χ4n) is 2.71. The third-order valence-corrected chi connectivity index (χ3v) is 5.78. The first-order chi connectivity index (χ1) is 10.7. The van der Waals surface area contributed by atoms with Crippen molar-refractivity contribution < 1.29 is 4.79 Å². The molecule has 0 saturated carbocycles. The van der Waals surface area contributed by atoms with Crippen molar-refractivity contribution in [3.63, 3.8) is 0 Å². The Bertz CT molecular complexity index is 646. The van der Waals surface area contributed by atoms with Crippen LogP contribution in [0, 0.1) is 0 Å². The molecule has 2 unspecified atom stereocenters. The minimum atomic E-state index is -0.0121. The number of halogens is 1. The first-order valence-corrected chi connectivity index (χ1v) is 9.15. The van der Waals surface area contributed by atoms with Crippen LogP contribution < -0.4 is 5.32 Å². The summed E-state index contributed by atoms with van der Waals surface area (Å²) in [5, 5.41) is 3.19. The molecule has 1 heterocycles. The zero-order valence-corrected chi connectivity index (χ0v) is 14.8. The number of fused-ring (bicyclic) bond motifs is 1. The third kappa shape index (κ3) is 3.39. The summed E-state index contributed by atoms with van der Waals surface area (Å²) >= 11 is 5.12. The monoisotopic (exact) mass is 375 g/mol. The van der Waals surface area contributed by atoms with Gasteiger partial charge in [0.05, 0.1) is 11.3 Å². The van der Waals surface area contributed by atoms with Gasteiger partial charge in [-0.2, -0.15) is 0 Å². The molecule has 0 spiro atoms. The van der Waals surface area contributed by atoms with Gasteiger partial charge < -0.3 is 5.32 Å². The second kappa shape index (κ2) is 6.88. The van der Waals surface area contributed by atoms with Crippen LogP contribution in [0.2, 0.25) is 0 Å². The number of hydrogen-bond donors (Lipinski definition) is 1. The Morgan fingerprint density at radius 1 is 1.27 bits per heavy atom. The SMILES string of the molecule is CCC(NC(=O)C1Cc2ccccc2S1)c1ccc(Br)cc1. The first kappa shape index (κ1) is 15.6. The molecule has 2 atom stereocenters. The Hall–Kier alpha value is -1.26. The topological polar surface area (TPSA) is 29.1 Å². The Labute approximate surface area is 143 Å². The minimum absolute atomic E-state index is 0.0121. The number of rotatable bonds is 4. The molecule has 0 aromatic heterocycles. The van der Waals surface area contributed by atoms with Crippen molar-refractivity contribution in [2.24, 2.45) is 0 Å². The highest BCUT2D eigenvalue weighted by Gasteiger charge is 2.29. The van der Waals surface area contributed by atoms with Gasteiger partial charge in [-0.05, 0) is 42.2 Å². The first-order valence-electron chi connectivity index (χ1n) is 7.47. The van der Waals surface area contributed by atoms with E-state index in [0.29, 0.717) is 0 Å². The van der Waals surface area contributed by atoms with E-state index in [0.717, 1.165) is 22.9 Å². The molecule has 1 amide bonds. The molecule has 3 rings (SSSR count). The van der Waals surface area contributed by atoms with Gasteiger partial charge >= 0.3 is 0 Å². The van der Waals surface area contributed by atoms with Crippen LogP contribution in [0.3, 0.4) is 0 Å². The molecule has 1 aliphatic rings. The normalized spacial score (nSPS) is 17.8. The molecule has 0 aliphatic carbocycles. The predicted octanol–water partition coefficient (Wildman–Crippen LogP) is 4.73. The van der Waals surface area contributed by atoms with E-state index in [1.807, 2.05) is 24.3 Å². The van der Waals surface area contributed by atoms with E-state index >= 15 is 0 Å². The van der Waals surface area contributed by atoms with E-state index in [-0.39, 0.29) is 17.2 Å².